The van der Waals surface area contributed by atoms with Gasteiger partial charge >= 0.3 is 5.97 Å². The molecule has 0 saturated carbocycles. The number of hydrogen-bond donors (Lipinski definition) is 0. The predicted molar refractivity (Wildman–Crippen MR) is 97.8 cm³/mol. The fourth-order valence-corrected chi connectivity index (χ4v) is 3.44. The summed E-state index contributed by atoms with van der Waals surface area (Å²) in [4.78, 5) is 21.1. The number of carbonyl (C=O) groups excluding carboxylic acids is 1. The summed E-state index contributed by atoms with van der Waals surface area (Å²) in [6.45, 7) is 0. The van der Waals surface area contributed by atoms with E-state index in [9.17, 15) is 4.79 Å². The molecule has 0 atom stereocenters. The average molecular weight is 349 g/mol. The van der Waals surface area contributed by atoms with Gasteiger partial charge in [0.2, 0.25) is 0 Å². The zero-order chi connectivity index (χ0) is 17.2. The lowest BCUT2D eigenvalue weighted by Gasteiger charge is -2.01. The molecule has 4 aromatic rings. The SMILES string of the molecule is COC(=O)c1cccn2cc(CSc3ccc4ccccc4n3)nc12. The number of pyridine rings is 2. The first-order valence-corrected chi connectivity index (χ1v) is 8.76. The molecule has 0 radical (unpaired) electrons. The minimum absolute atomic E-state index is 0.383. The van der Waals surface area contributed by atoms with Crippen molar-refractivity contribution in [2.24, 2.45) is 0 Å². The molecule has 0 spiro atoms. The van der Waals surface area contributed by atoms with Crippen LogP contribution in [0.5, 0.6) is 0 Å². The molecule has 3 heterocycles. The number of para-hydroxylation sites is 1. The Morgan fingerprint density at radius 1 is 1.12 bits per heavy atom. The number of ether oxygens (including phenoxy) is 1. The maximum absolute atomic E-state index is 11.8. The molecule has 0 bridgehead atoms. The average Bonchev–Trinajstić information content (AvgIpc) is 3.08. The lowest BCUT2D eigenvalue weighted by Crippen LogP contribution is -2.03. The molecule has 124 valence electrons. The molecule has 25 heavy (non-hydrogen) atoms. The number of hydrogen-bond acceptors (Lipinski definition) is 5. The highest BCUT2D eigenvalue weighted by molar-refractivity contribution is 7.98. The monoisotopic (exact) mass is 349 g/mol. The van der Waals surface area contributed by atoms with Crippen LogP contribution in [-0.4, -0.2) is 27.4 Å². The van der Waals surface area contributed by atoms with Gasteiger partial charge in [0.05, 0.1) is 23.3 Å². The van der Waals surface area contributed by atoms with Crippen LogP contribution in [0.2, 0.25) is 0 Å². The molecular formula is C19H15N3O2S. The number of rotatable bonds is 4. The van der Waals surface area contributed by atoms with Gasteiger partial charge in [-0.15, -0.1) is 0 Å². The van der Waals surface area contributed by atoms with Crippen LogP contribution in [0.3, 0.4) is 0 Å². The normalized spacial score (nSPS) is 11.1. The van der Waals surface area contributed by atoms with Gasteiger partial charge in [-0.1, -0.05) is 36.0 Å². The Hall–Kier alpha value is -2.86. The Bertz CT molecular complexity index is 1070. The Balaban J connectivity index is 1.59. The number of fused-ring (bicyclic) bond motifs is 2. The van der Waals surface area contributed by atoms with Gasteiger partial charge in [-0.25, -0.2) is 14.8 Å². The van der Waals surface area contributed by atoms with Crippen LogP contribution in [0.15, 0.2) is 66.0 Å². The Labute approximate surface area is 148 Å². The van der Waals surface area contributed by atoms with E-state index in [1.165, 1.54) is 7.11 Å². The molecule has 1 aromatic carbocycles. The van der Waals surface area contributed by atoms with Crippen molar-refractivity contribution >= 4 is 34.3 Å². The molecule has 0 fully saturated rings. The third kappa shape index (κ3) is 3.08. The fraction of sp³-hybridized carbons (Fsp3) is 0.105. The minimum atomic E-state index is -0.383. The molecule has 6 heteroatoms. The molecule has 0 aliphatic rings. The second-order valence-electron chi connectivity index (χ2n) is 5.51. The molecule has 4 rings (SSSR count). The summed E-state index contributed by atoms with van der Waals surface area (Å²) in [5.41, 5.74) is 2.94. The third-order valence-electron chi connectivity index (χ3n) is 3.88. The van der Waals surface area contributed by atoms with Crippen molar-refractivity contribution in [1.29, 1.82) is 0 Å². The zero-order valence-corrected chi connectivity index (χ0v) is 14.4. The summed E-state index contributed by atoms with van der Waals surface area (Å²) in [5, 5.41) is 2.08. The van der Waals surface area contributed by atoms with E-state index in [4.69, 9.17) is 4.74 Å². The number of methoxy groups -OCH3 is 1. The molecule has 3 aromatic heterocycles. The zero-order valence-electron chi connectivity index (χ0n) is 13.5. The van der Waals surface area contributed by atoms with Gasteiger partial charge in [0.25, 0.3) is 0 Å². The van der Waals surface area contributed by atoms with Crippen molar-refractivity contribution in [2.75, 3.05) is 7.11 Å². The first kappa shape index (κ1) is 15.7. The molecule has 0 amide bonds. The predicted octanol–water partition coefficient (Wildman–Crippen LogP) is 3.96. The number of benzene rings is 1. The smallest absolute Gasteiger partial charge is 0.341 e. The minimum Gasteiger partial charge on any atom is -0.465 e. The van der Waals surface area contributed by atoms with Crippen LogP contribution in [-0.2, 0) is 10.5 Å². The van der Waals surface area contributed by atoms with E-state index < -0.39 is 0 Å². The standard InChI is InChI=1S/C19H15N3O2S/c1-24-19(23)15-6-4-10-22-11-14(20-18(15)22)12-25-17-9-8-13-5-2-3-7-16(13)21-17/h2-11H,12H2,1H3. The number of thioether (sulfide) groups is 1. The highest BCUT2D eigenvalue weighted by Gasteiger charge is 2.13. The number of nitrogens with zero attached hydrogens (tertiary/aromatic N) is 3. The van der Waals surface area contributed by atoms with Gasteiger partial charge in [0.1, 0.15) is 5.56 Å². The molecule has 5 nitrogen and oxygen atoms in total. The highest BCUT2D eigenvalue weighted by Crippen LogP contribution is 2.24. The number of esters is 1. The van der Waals surface area contributed by atoms with Gasteiger partial charge in [0, 0.05) is 23.5 Å². The molecular weight excluding hydrogens is 334 g/mol. The van der Waals surface area contributed by atoms with Gasteiger partial charge in [-0.2, -0.15) is 0 Å². The van der Waals surface area contributed by atoms with Crippen LogP contribution in [0.25, 0.3) is 16.6 Å². The molecule has 0 aliphatic heterocycles. The fourth-order valence-electron chi connectivity index (χ4n) is 2.68. The van der Waals surface area contributed by atoms with Gasteiger partial charge in [-0.05, 0) is 24.3 Å². The van der Waals surface area contributed by atoms with Crippen LogP contribution >= 0.6 is 11.8 Å². The maximum Gasteiger partial charge on any atom is 0.341 e. The van der Waals surface area contributed by atoms with Crippen LogP contribution in [0.4, 0.5) is 0 Å². The van der Waals surface area contributed by atoms with E-state index in [1.54, 1.807) is 17.8 Å². The van der Waals surface area contributed by atoms with Crippen molar-refractivity contribution in [2.45, 2.75) is 10.8 Å². The van der Waals surface area contributed by atoms with Crippen LogP contribution in [0, 0.1) is 0 Å². The van der Waals surface area contributed by atoms with Crippen molar-refractivity contribution in [3.63, 3.8) is 0 Å². The number of aromatic nitrogens is 3. The van der Waals surface area contributed by atoms with Gasteiger partial charge in [-0.3, -0.25) is 0 Å². The molecule has 0 unspecified atom stereocenters. The second-order valence-corrected chi connectivity index (χ2v) is 6.50. The van der Waals surface area contributed by atoms with E-state index in [0.717, 1.165) is 21.6 Å². The summed E-state index contributed by atoms with van der Waals surface area (Å²) in [6, 6.07) is 15.7. The topological polar surface area (TPSA) is 56.5 Å². The largest absolute Gasteiger partial charge is 0.465 e. The quantitative estimate of drug-likeness (QED) is 0.412. The van der Waals surface area contributed by atoms with Crippen molar-refractivity contribution < 1.29 is 9.53 Å². The van der Waals surface area contributed by atoms with E-state index >= 15 is 0 Å². The van der Waals surface area contributed by atoms with Gasteiger partial charge < -0.3 is 9.14 Å². The maximum atomic E-state index is 11.8. The van der Waals surface area contributed by atoms with E-state index in [0.29, 0.717) is 17.0 Å². The molecule has 0 saturated heterocycles. The van der Waals surface area contributed by atoms with Crippen LogP contribution < -0.4 is 0 Å². The van der Waals surface area contributed by atoms with Crippen LogP contribution in [0.1, 0.15) is 16.1 Å². The van der Waals surface area contributed by atoms with Crippen molar-refractivity contribution in [3.8, 4) is 0 Å². The molecule has 0 N–H and O–H groups in total. The Morgan fingerprint density at radius 2 is 2.00 bits per heavy atom. The number of carbonyl (C=O) groups is 1. The van der Waals surface area contributed by atoms with E-state index in [-0.39, 0.29) is 5.97 Å². The Morgan fingerprint density at radius 3 is 2.88 bits per heavy atom. The summed E-state index contributed by atoms with van der Waals surface area (Å²) in [5.74, 6) is 0.291. The van der Waals surface area contributed by atoms with Gasteiger partial charge in [0.15, 0.2) is 5.65 Å². The van der Waals surface area contributed by atoms with E-state index in [2.05, 4.69) is 16.0 Å². The highest BCUT2D eigenvalue weighted by atomic mass is 32.2. The second kappa shape index (κ2) is 6.57. The Kier molecular flexibility index (Phi) is 4.11. The summed E-state index contributed by atoms with van der Waals surface area (Å²) in [7, 11) is 1.37. The summed E-state index contributed by atoms with van der Waals surface area (Å²) < 4.78 is 6.66. The lowest BCUT2D eigenvalue weighted by molar-refractivity contribution is 0.0602. The first-order chi connectivity index (χ1) is 12.2. The van der Waals surface area contributed by atoms with E-state index in [1.807, 2.05) is 53.2 Å². The van der Waals surface area contributed by atoms with Crippen molar-refractivity contribution in [1.82, 2.24) is 14.4 Å². The third-order valence-corrected chi connectivity index (χ3v) is 4.84. The summed E-state index contributed by atoms with van der Waals surface area (Å²) >= 11 is 1.62. The summed E-state index contributed by atoms with van der Waals surface area (Å²) in [6.07, 6.45) is 3.80. The number of imidazole rings is 1. The van der Waals surface area contributed by atoms with Crippen molar-refractivity contribution in [3.05, 3.63) is 72.2 Å². The first-order valence-electron chi connectivity index (χ1n) is 7.78. The molecule has 0 aliphatic carbocycles. The lowest BCUT2D eigenvalue weighted by atomic mass is 10.2.